The van der Waals surface area contributed by atoms with Crippen LogP contribution in [0.2, 0.25) is 0 Å². The van der Waals surface area contributed by atoms with Gasteiger partial charge in [0.2, 0.25) is 0 Å². The molecule has 0 aliphatic carbocycles. The zero-order chi connectivity index (χ0) is 13.3. The van der Waals surface area contributed by atoms with E-state index in [1.54, 1.807) is 6.92 Å². The summed E-state index contributed by atoms with van der Waals surface area (Å²) < 4.78 is 39.6. The third kappa shape index (κ3) is 2.27. The minimum absolute atomic E-state index is 0.00278. The summed E-state index contributed by atoms with van der Waals surface area (Å²) in [4.78, 5) is 12.0. The number of halogens is 3. The highest BCUT2D eigenvalue weighted by atomic mass is 19.2. The van der Waals surface area contributed by atoms with Gasteiger partial charge in [0.1, 0.15) is 5.82 Å². The van der Waals surface area contributed by atoms with Crippen LogP contribution in [0.3, 0.4) is 0 Å². The summed E-state index contributed by atoms with van der Waals surface area (Å²) in [6.07, 6.45) is 0. The Hall–Kier alpha value is -2.10. The number of aryl methyl sites for hydroxylation is 1. The topological polar surface area (TPSA) is 17.1 Å². The molecule has 1 nitrogen and oxygen atoms in total. The number of rotatable bonds is 2. The second-order valence-corrected chi connectivity index (χ2v) is 3.95. The second kappa shape index (κ2) is 4.64. The third-order valence-electron chi connectivity index (χ3n) is 2.50. The molecule has 0 radical (unpaired) electrons. The molecule has 2 aromatic rings. The van der Waals surface area contributed by atoms with Crippen LogP contribution in [-0.4, -0.2) is 5.78 Å². The van der Waals surface area contributed by atoms with Crippen LogP contribution in [0.5, 0.6) is 0 Å². The first-order valence-corrected chi connectivity index (χ1v) is 5.25. The van der Waals surface area contributed by atoms with Gasteiger partial charge in [-0.2, -0.15) is 0 Å². The third-order valence-corrected chi connectivity index (χ3v) is 2.50. The lowest BCUT2D eigenvalue weighted by Gasteiger charge is -2.04. The molecule has 0 aliphatic rings. The molecule has 92 valence electrons. The summed E-state index contributed by atoms with van der Waals surface area (Å²) in [7, 11) is 0. The Morgan fingerprint density at radius 1 is 1.06 bits per heavy atom. The van der Waals surface area contributed by atoms with Crippen molar-refractivity contribution in [3.05, 3.63) is 70.5 Å². The largest absolute Gasteiger partial charge is 0.288 e. The molecule has 0 atom stereocenters. The van der Waals surface area contributed by atoms with Crippen LogP contribution in [0.4, 0.5) is 13.2 Å². The van der Waals surface area contributed by atoms with E-state index in [0.29, 0.717) is 5.56 Å². The molecule has 0 heterocycles. The van der Waals surface area contributed by atoms with Crippen molar-refractivity contribution in [3.63, 3.8) is 0 Å². The molecular formula is C14H9F3O. The standard InChI is InChI=1S/C14H9F3O/c1-8-5-9(7-10(15)6-8)14(18)11-3-2-4-12(16)13(11)17/h2-7H,1H3. The Kier molecular flexibility index (Phi) is 3.19. The lowest BCUT2D eigenvalue weighted by Crippen LogP contribution is -2.06. The van der Waals surface area contributed by atoms with Crippen LogP contribution in [0, 0.1) is 24.4 Å². The monoisotopic (exact) mass is 250 g/mol. The van der Waals surface area contributed by atoms with E-state index in [1.165, 1.54) is 24.3 Å². The van der Waals surface area contributed by atoms with Crippen molar-refractivity contribution in [2.45, 2.75) is 6.92 Å². The van der Waals surface area contributed by atoms with Gasteiger partial charge in [-0.3, -0.25) is 4.79 Å². The van der Waals surface area contributed by atoms with Crippen molar-refractivity contribution in [1.29, 1.82) is 0 Å². The number of carbonyl (C=O) groups excluding carboxylic acids is 1. The molecule has 2 rings (SSSR count). The van der Waals surface area contributed by atoms with E-state index < -0.39 is 28.8 Å². The predicted molar refractivity (Wildman–Crippen MR) is 60.9 cm³/mol. The van der Waals surface area contributed by atoms with Gasteiger partial charge in [0, 0.05) is 5.56 Å². The maximum absolute atomic E-state index is 13.4. The molecule has 0 amide bonds. The summed E-state index contributed by atoms with van der Waals surface area (Å²) in [5.74, 6) is -3.65. The first-order chi connectivity index (χ1) is 8.49. The molecule has 0 bridgehead atoms. The Labute approximate surface area is 102 Å². The quantitative estimate of drug-likeness (QED) is 0.743. The molecule has 0 aromatic heterocycles. The molecule has 0 N–H and O–H groups in total. The van der Waals surface area contributed by atoms with Crippen LogP contribution in [0.25, 0.3) is 0 Å². The fraction of sp³-hybridized carbons (Fsp3) is 0.0714. The number of hydrogen-bond donors (Lipinski definition) is 0. The molecule has 0 saturated heterocycles. The van der Waals surface area contributed by atoms with Gasteiger partial charge in [-0.05, 0) is 42.8 Å². The Morgan fingerprint density at radius 2 is 1.78 bits per heavy atom. The van der Waals surface area contributed by atoms with Crippen molar-refractivity contribution in [1.82, 2.24) is 0 Å². The van der Waals surface area contributed by atoms with Gasteiger partial charge in [0.15, 0.2) is 17.4 Å². The van der Waals surface area contributed by atoms with Crippen LogP contribution < -0.4 is 0 Å². The first-order valence-electron chi connectivity index (χ1n) is 5.25. The van der Waals surface area contributed by atoms with Gasteiger partial charge in [-0.25, -0.2) is 13.2 Å². The lowest BCUT2D eigenvalue weighted by molar-refractivity contribution is 0.103. The SMILES string of the molecule is Cc1cc(F)cc(C(=O)c2cccc(F)c2F)c1. The van der Waals surface area contributed by atoms with Gasteiger partial charge in [-0.1, -0.05) is 6.07 Å². The van der Waals surface area contributed by atoms with Gasteiger partial charge in [0.05, 0.1) is 5.56 Å². The number of benzene rings is 2. The van der Waals surface area contributed by atoms with Crippen LogP contribution in [0.1, 0.15) is 21.5 Å². The summed E-state index contributed by atoms with van der Waals surface area (Å²) in [5, 5.41) is 0. The maximum atomic E-state index is 13.4. The van der Waals surface area contributed by atoms with Gasteiger partial charge >= 0.3 is 0 Å². The average molecular weight is 250 g/mol. The molecule has 4 heteroatoms. The highest BCUT2D eigenvalue weighted by Gasteiger charge is 2.17. The van der Waals surface area contributed by atoms with Crippen molar-refractivity contribution in [2.24, 2.45) is 0 Å². The maximum Gasteiger partial charge on any atom is 0.196 e. The summed E-state index contributed by atoms with van der Waals surface area (Å²) in [5.41, 5.74) is 0.132. The van der Waals surface area contributed by atoms with Crippen molar-refractivity contribution < 1.29 is 18.0 Å². The van der Waals surface area contributed by atoms with Crippen LogP contribution in [0.15, 0.2) is 36.4 Å². The minimum Gasteiger partial charge on any atom is -0.288 e. The fourth-order valence-corrected chi connectivity index (χ4v) is 1.70. The Balaban J connectivity index is 2.51. The van der Waals surface area contributed by atoms with E-state index in [9.17, 15) is 18.0 Å². The molecule has 2 aromatic carbocycles. The Bertz CT molecular complexity index is 600. The molecule has 0 saturated carbocycles. The zero-order valence-corrected chi connectivity index (χ0v) is 9.51. The van der Waals surface area contributed by atoms with E-state index in [4.69, 9.17) is 0 Å². The normalized spacial score (nSPS) is 10.4. The van der Waals surface area contributed by atoms with Crippen LogP contribution >= 0.6 is 0 Å². The van der Waals surface area contributed by atoms with E-state index in [0.717, 1.165) is 12.1 Å². The molecule has 0 fully saturated rings. The molecule has 0 unspecified atom stereocenters. The summed E-state index contributed by atoms with van der Waals surface area (Å²) in [6, 6.07) is 7.00. The van der Waals surface area contributed by atoms with E-state index in [2.05, 4.69) is 0 Å². The molecule has 0 spiro atoms. The van der Waals surface area contributed by atoms with Crippen molar-refractivity contribution >= 4 is 5.78 Å². The number of ketones is 1. The Morgan fingerprint density at radius 3 is 2.44 bits per heavy atom. The summed E-state index contributed by atoms with van der Waals surface area (Å²) >= 11 is 0. The molecular weight excluding hydrogens is 241 g/mol. The lowest BCUT2D eigenvalue weighted by atomic mass is 10.0. The van der Waals surface area contributed by atoms with E-state index in [-0.39, 0.29) is 5.56 Å². The minimum atomic E-state index is -1.22. The summed E-state index contributed by atoms with van der Waals surface area (Å²) in [6.45, 7) is 1.61. The van der Waals surface area contributed by atoms with E-state index in [1.807, 2.05) is 0 Å². The van der Waals surface area contributed by atoms with Crippen molar-refractivity contribution in [2.75, 3.05) is 0 Å². The van der Waals surface area contributed by atoms with Crippen molar-refractivity contribution in [3.8, 4) is 0 Å². The molecule has 18 heavy (non-hydrogen) atoms. The van der Waals surface area contributed by atoms with E-state index >= 15 is 0 Å². The predicted octanol–water partition coefficient (Wildman–Crippen LogP) is 3.64. The van der Waals surface area contributed by atoms with Gasteiger partial charge < -0.3 is 0 Å². The highest BCUT2D eigenvalue weighted by molar-refractivity contribution is 6.09. The highest BCUT2D eigenvalue weighted by Crippen LogP contribution is 2.17. The molecule has 0 aliphatic heterocycles. The van der Waals surface area contributed by atoms with Crippen LogP contribution in [-0.2, 0) is 0 Å². The number of hydrogen-bond acceptors (Lipinski definition) is 1. The smallest absolute Gasteiger partial charge is 0.196 e. The van der Waals surface area contributed by atoms with Gasteiger partial charge in [-0.15, -0.1) is 0 Å². The first kappa shape index (κ1) is 12.4. The fourth-order valence-electron chi connectivity index (χ4n) is 1.70. The number of carbonyl (C=O) groups is 1. The average Bonchev–Trinajstić information content (AvgIpc) is 2.30. The van der Waals surface area contributed by atoms with Gasteiger partial charge in [0.25, 0.3) is 0 Å². The second-order valence-electron chi connectivity index (χ2n) is 3.95. The zero-order valence-electron chi connectivity index (χ0n) is 9.51.